The highest BCUT2D eigenvalue weighted by molar-refractivity contribution is 5.33. The van der Waals surface area contributed by atoms with Gasteiger partial charge in [0.2, 0.25) is 0 Å². The summed E-state index contributed by atoms with van der Waals surface area (Å²) in [6.07, 6.45) is 1.71. The van der Waals surface area contributed by atoms with Crippen molar-refractivity contribution in [3.63, 3.8) is 0 Å². The van der Waals surface area contributed by atoms with E-state index in [1.165, 1.54) is 0 Å². The van der Waals surface area contributed by atoms with Crippen LogP contribution in [0.2, 0.25) is 0 Å². The Hall–Kier alpha value is -1.06. The zero-order valence-electron chi connectivity index (χ0n) is 6.50. The van der Waals surface area contributed by atoms with E-state index in [1.807, 2.05) is 7.05 Å². The maximum Gasteiger partial charge on any atom is 0.144 e. The minimum Gasteiger partial charge on any atom is -0.356 e. The van der Waals surface area contributed by atoms with Gasteiger partial charge in [0.25, 0.3) is 0 Å². The lowest BCUT2D eigenvalue weighted by Gasteiger charge is -2.20. The highest BCUT2D eigenvalue weighted by Gasteiger charge is 2.04. The summed E-state index contributed by atoms with van der Waals surface area (Å²) in [6, 6.07) is 0.474. The number of hydrogen-bond donors (Lipinski definition) is 1. The molecule has 0 saturated heterocycles. The summed E-state index contributed by atoms with van der Waals surface area (Å²) in [5.41, 5.74) is 0. The number of H-pyrrole nitrogens is 1. The second-order valence-corrected chi connectivity index (χ2v) is 2.55. The average Bonchev–Trinajstić information content (AvgIpc) is 2.36. The van der Waals surface area contributed by atoms with E-state index in [-0.39, 0.29) is 0 Å². The second-order valence-electron chi connectivity index (χ2n) is 2.55. The number of aromatic nitrogens is 3. The van der Waals surface area contributed by atoms with Crippen LogP contribution in [0.4, 0.5) is 5.82 Å². The molecule has 0 bridgehead atoms. The molecule has 0 spiro atoms. The quantitative estimate of drug-likeness (QED) is 0.656. The fraction of sp³-hybridized carbons (Fsp3) is 0.667. The Bertz CT molecular complexity index is 180. The topological polar surface area (TPSA) is 44.8 Å². The van der Waals surface area contributed by atoms with Crippen LogP contribution in [0.25, 0.3) is 0 Å². The van der Waals surface area contributed by atoms with E-state index < -0.39 is 0 Å². The monoisotopic (exact) mass is 140 g/mol. The number of nitrogens with one attached hydrogen (secondary N) is 1. The van der Waals surface area contributed by atoms with Crippen molar-refractivity contribution in [3.8, 4) is 0 Å². The highest BCUT2D eigenvalue weighted by atomic mass is 15.4. The maximum absolute atomic E-state index is 3.68. The van der Waals surface area contributed by atoms with Crippen LogP contribution >= 0.6 is 0 Å². The summed E-state index contributed by atoms with van der Waals surface area (Å²) in [6.45, 7) is 4.22. The summed E-state index contributed by atoms with van der Waals surface area (Å²) < 4.78 is 0. The first kappa shape index (κ1) is 7.05. The lowest BCUT2D eigenvalue weighted by atomic mass is 10.3. The van der Waals surface area contributed by atoms with E-state index in [1.54, 1.807) is 6.20 Å². The molecule has 1 heterocycles. The Morgan fingerprint density at radius 2 is 2.30 bits per heavy atom. The molecule has 0 aromatic carbocycles. The average molecular weight is 140 g/mol. The number of anilines is 1. The Morgan fingerprint density at radius 1 is 1.60 bits per heavy atom. The van der Waals surface area contributed by atoms with Gasteiger partial charge in [-0.2, -0.15) is 0 Å². The molecule has 1 aromatic heterocycles. The first-order chi connectivity index (χ1) is 4.72. The van der Waals surface area contributed by atoms with E-state index in [9.17, 15) is 0 Å². The van der Waals surface area contributed by atoms with Gasteiger partial charge in [0.15, 0.2) is 0 Å². The molecule has 1 rings (SSSR count). The van der Waals surface area contributed by atoms with Crippen molar-refractivity contribution >= 4 is 5.82 Å². The molecule has 0 aliphatic heterocycles. The zero-order chi connectivity index (χ0) is 7.56. The Morgan fingerprint density at radius 3 is 2.70 bits per heavy atom. The Labute approximate surface area is 60.2 Å². The molecule has 0 amide bonds. The van der Waals surface area contributed by atoms with Crippen LogP contribution in [0.1, 0.15) is 13.8 Å². The van der Waals surface area contributed by atoms with Crippen molar-refractivity contribution in [2.24, 2.45) is 0 Å². The lowest BCUT2D eigenvalue weighted by molar-refractivity contribution is 0.740. The van der Waals surface area contributed by atoms with Crippen LogP contribution in [-0.2, 0) is 0 Å². The van der Waals surface area contributed by atoms with Crippen molar-refractivity contribution in [2.75, 3.05) is 11.9 Å². The molecule has 0 atom stereocenters. The molecule has 0 radical (unpaired) electrons. The lowest BCUT2D eigenvalue weighted by Crippen LogP contribution is -2.25. The summed E-state index contributed by atoms with van der Waals surface area (Å²) in [7, 11) is 2.00. The van der Waals surface area contributed by atoms with Gasteiger partial charge in [-0.3, -0.25) is 0 Å². The van der Waals surface area contributed by atoms with Gasteiger partial charge >= 0.3 is 0 Å². The molecular formula is C6H12N4. The van der Waals surface area contributed by atoms with E-state index in [0.29, 0.717) is 6.04 Å². The summed E-state index contributed by atoms with van der Waals surface area (Å²) in [5.74, 6) is 0.954. The molecule has 10 heavy (non-hydrogen) atoms. The van der Waals surface area contributed by atoms with E-state index >= 15 is 0 Å². The van der Waals surface area contributed by atoms with Gasteiger partial charge < -0.3 is 4.90 Å². The van der Waals surface area contributed by atoms with Crippen LogP contribution in [0.5, 0.6) is 0 Å². The maximum atomic E-state index is 3.68. The molecule has 1 N–H and O–H groups in total. The normalized spacial score (nSPS) is 10.4. The Balaban J connectivity index is 2.68. The molecular weight excluding hydrogens is 128 g/mol. The molecule has 56 valence electrons. The second kappa shape index (κ2) is 2.68. The molecule has 0 saturated carbocycles. The van der Waals surface area contributed by atoms with Crippen LogP contribution in [0.15, 0.2) is 6.20 Å². The fourth-order valence-electron chi connectivity index (χ4n) is 0.641. The summed E-state index contributed by atoms with van der Waals surface area (Å²) in [5, 5.41) is 10.1. The fourth-order valence-corrected chi connectivity index (χ4v) is 0.641. The molecule has 1 aromatic rings. The Kier molecular flexibility index (Phi) is 1.89. The highest BCUT2D eigenvalue weighted by Crippen LogP contribution is 2.06. The van der Waals surface area contributed by atoms with Crippen molar-refractivity contribution in [1.29, 1.82) is 0 Å². The van der Waals surface area contributed by atoms with Crippen LogP contribution < -0.4 is 4.90 Å². The van der Waals surface area contributed by atoms with Crippen molar-refractivity contribution in [2.45, 2.75) is 19.9 Å². The van der Waals surface area contributed by atoms with Gasteiger partial charge in [0.1, 0.15) is 5.82 Å². The van der Waals surface area contributed by atoms with E-state index in [2.05, 4.69) is 34.2 Å². The number of hydrogen-bond acceptors (Lipinski definition) is 3. The predicted molar refractivity (Wildman–Crippen MR) is 39.9 cm³/mol. The number of rotatable bonds is 2. The SMILES string of the molecule is CC(C)N(C)c1cnn[nH]1. The van der Waals surface area contributed by atoms with Gasteiger partial charge in [-0.25, -0.2) is 5.10 Å². The van der Waals surface area contributed by atoms with Crippen LogP contribution in [-0.4, -0.2) is 28.5 Å². The molecule has 0 aliphatic rings. The molecule has 4 nitrogen and oxygen atoms in total. The van der Waals surface area contributed by atoms with Gasteiger partial charge in [0.05, 0.1) is 6.20 Å². The summed E-state index contributed by atoms with van der Waals surface area (Å²) in [4.78, 5) is 2.07. The molecule has 0 unspecified atom stereocenters. The third-order valence-corrected chi connectivity index (χ3v) is 1.56. The standard InChI is InChI=1S/C6H12N4/c1-5(2)10(3)6-4-7-9-8-6/h4-5H,1-3H3,(H,7,8,9). The zero-order valence-corrected chi connectivity index (χ0v) is 6.50. The smallest absolute Gasteiger partial charge is 0.144 e. The molecule has 0 aliphatic carbocycles. The van der Waals surface area contributed by atoms with Gasteiger partial charge in [-0.15, -0.1) is 5.10 Å². The van der Waals surface area contributed by atoms with E-state index in [0.717, 1.165) is 5.82 Å². The largest absolute Gasteiger partial charge is 0.356 e. The number of aromatic amines is 1. The molecule has 4 heteroatoms. The van der Waals surface area contributed by atoms with Crippen molar-refractivity contribution < 1.29 is 0 Å². The minimum absolute atomic E-state index is 0.474. The third-order valence-electron chi connectivity index (χ3n) is 1.56. The summed E-state index contributed by atoms with van der Waals surface area (Å²) >= 11 is 0. The van der Waals surface area contributed by atoms with Crippen LogP contribution in [0, 0.1) is 0 Å². The molecule has 0 fully saturated rings. The first-order valence-electron chi connectivity index (χ1n) is 3.30. The van der Waals surface area contributed by atoms with E-state index in [4.69, 9.17) is 0 Å². The van der Waals surface area contributed by atoms with Gasteiger partial charge in [-0.1, -0.05) is 5.21 Å². The predicted octanol–water partition coefficient (Wildman–Crippen LogP) is 0.649. The van der Waals surface area contributed by atoms with Gasteiger partial charge in [0, 0.05) is 13.1 Å². The minimum atomic E-state index is 0.474. The van der Waals surface area contributed by atoms with Gasteiger partial charge in [-0.05, 0) is 13.8 Å². The third kappa shape index (κ3) is 1.26. The van der Waals surface area contributed by atoms with Crippen molar-refractivity contribution in [1.82, 2.24) is 15.4 Å². The van der Waals surface area contributed by atoms with Crippen LogP contribution in [0.3, 0.4) is 0 Å². The van der Waals surface area contributed by atoms with Crippen molar-refractivity contribution in [3.05, 3.63) is 6.20 Å². The number of nitrogens with zero attached hydrogens (tertiary/aromatic N) is 3. The first-order valence-corrected chi connectivity index (χ1v) is 3.30.